The normalized spacial score (nSPS) is 12.4. The molecule has 7 nitrogen and oxygen atoms in total. The van der Waals surface area contributed by atoms with Crippen LogP contribution in [0.5, 0.6) is 5.75 Å². The van der Waals surface area contributed by atoms with Crippen molar-refractivity contribution in [1.29, 1.82) is 0 Å². The lowest BCUT2D eigenvalue weighted by Crippen LogP contribution is -2.43. The largest absolute Gasteiger partial charge is 0.506 e. The standard InChI is InChI=1S/C32H37N3O4/c1-20-8-9-24(14-21(20)2)18-33-30(39)16-22-6-5-7-23(15-22)17-32(3,4)34-19-28(37)25-10-12-27(36)31-26(25)11-13-29(38)35-31/h5-15,28,34,36-37H,16-19H2,1-4H3,(H,33,39)(H,35,38)/t28-/m1/s1. The molecule has 0 radical (unpaired) electrons. The predicted octanol–water partition coefficient (Wildman–Crippen LogP) is 4.35. The number of rotatable bonds is 10. The molecule has 0 bridgehead atoms. The average molecular weight is 528 g/mol. The molecule has 3 aromatic carbocycles. The van der Waals surface area contributed by atoms with E-state index in [-0.39, 0.29) is 29.3 Å². The number of aliphatic hydroxyl groups is 1. The van der Waals surface area contributed by atoms with Gasteiger partial charge in [0.05, 0.1) is 18.0 Å². The van der Waals surface area contributed by atoms with Crippen LogP contribution in [0.1, 0.15) is 53.3 Å². The molecule has 7 heteroatoms. The van der Waals surface area contributed by atoms with E-state index in [4.69, 9.17) is 0 Å². The van der Waals surface area contributed by atoms with Crippen molar-refractivity contribution in [2.45, 2.75) is 58.7 Å². The van der Waals surface area contributed by atoms with E-state index in [2.05, 4.69) is 61.5 Å². The van der Waals surface area contributed by atoms with Gasteiger partial charge >= 0.3 is 0 Å². The molecule has 204 valence electrons. The van der Waals surface area contributed by atoms with E-state index in [1.807, 2.05) is 24.3 Å². The minimum Gasteiger partial charge on any atom is -0.506 e. The highest BCUT2D eigenvalue weighted by Gasteiger charge is 2.21. The molecule has 0 saturated carbocycles. The number of aromatic hydroxyl groups is 1. The zero-order valence-electron chi connectivity index (χ0n) is 23.0. The van der Waals surface area contributed by atoms with Gasteiger partial charge in [0.15, 0.2) is 0 Å². The van der Waals surface area contributed by atoms with Crippen molar-refractivity contribution >= 4 is 16.8 Å². The number of nitrogens with one attached hydrogen (secondary N) is 3. The number of aryl methyl sites for hydroxylation is 2. The number of carbonyl (C=O) groups is 1. The van der Waals surface area contributed by atoms with Gasteiger partial charge in [-0.05, 0) is 79.6 Å². The molecule has 0 unspecified atom stereocenters. The SMILES string of the molecule is Cc1ccc(CNC(=O)Cc2cccc(CC(C)(C)NC[C@@H](O)c3ccc(O)c4[nH]c(=O)ccc34)c2)cc1C. The van der Waals surface area contributed by atoms with Gasteiger partial charge in [0.1, 0.15) is 5.75 Å². The Morgan fingerprint density at radius 2 is 1.72 bits per heavy atom. The number of phenolic OH excluding ortho intramolecular Hbond substituents is 1. The molecule has 4 rings (SSSR count). The summed E-state index contributed by atoms with van der Waals surface area (Å²) in [5.74, 6) is -0.0564. The van der Waals surface area contributed by atoms with E-state index in [0.717, 1.165) is 16.7 Å². The minimum atomic E-state index is -0.842. The Labute approximate surface area is 228 Å². The van der Waals surface area contributed by atoms with Crippen LogP contribution in [0.3, 0.4) is 0 Å². The fourth-order valence-corrected chi connectivity index (χ4v) is 4.82. The molecular formula is C32H37N3O4. The van der Waals surface area contributed by atoms with Crippen molar-refractivity contribution in [3.05, 3.63) is 110 Å². The maximum Gasteiger partial charge on any atom is 0.248 e. The van der Waals surface area contributed by atoms with E-state index < -0.39 is 6.10 Å². The molecule has 1 heterocycles. The lowest BCUT2D eigenvalue weighted by Gasteiger charge is -2.28. The van der Waals surface area contributed by atoms with Crippen LogP contribution in [-0.2, 0) is 24.2 Å². The van der Waals surface area contributed by atoms with Gasteiger partial charge in [0, 0.05) is 30.1 Å². The van der Waals surface area contributed by atoms with E-state index in [0.29, 0.717) is 35.9 Å². The Bertz CT molecular complexity index is 1540. The maximum absolute atomic E-state index is 12.6. The lowest BCUT2D eigenvalue weighted by atomic mass is 9.92. The maximum atomic E-state index is 12.6. The fourth-order valence-electron chi connectivity index (χ4n) is 4.82. The molecule has 0 fully saturated rings. The van der Waals surface area contributed by atoms with Crippen LogP contribution in [0.4, 0.5) is 0 Å². The zero-order valence-corrected chi connectivity index (χ0v) is 23.0. The summed E-state index contributed by atoms with van der Waals surface area (Å²) in [6, 6.07) is 20.4. The molecule has 0 aliphatic rings. The smallest absolute Gasteiger partial charge is 0.248 e. The Hall–Kier alpha value is -3.94. The molecular weight excluding hydrogens is 490 g/mol. The van der Waals surface area contributed by atoms with Crippen LogP contribution in [0.2, 0.25) is 0 Å². The van der Waals surface area contributed by atoms with Gasteiger partial charge < -0.3 is 25.8 Å². The molecule has 0 aliphatic heterocycles. The van der Waals surface area contributed by atoms with E-state index in [1.54, 1.807) is 12.1 Å². The number of phenols is 1. The Morgan fingerprint density at radius 1 is 0.949 bits per heavy atom. The summed E-state index contributed by atoms with van der Waals surface area (Å²) in [4.78, 5) is 26.9. The average Bonchev–Trinajstić information content (AvgIpc) is 2.88. The monoisotopic (exact) mass is 527 g/mol. The summed E-state index contributed by atoms with van der Waals surface area (Å²) in [6.07, 6.45) is 0.161. The van der Waals surface area contributed by atoms with Gasteiger partial charge in [0.25, 0.3) is 0 Å². The van der Waals surface area contributed by atoms with Crippen molar-refractivity contribution < 1.29 is 15.0 Å². The minimum absolute atomic E-state index is 0.0200. The highest BCUT2D eigenvalue weighted by molar-refractivity contribution is 5.87. The number of fused-ring (bicyclic) bond motifs is 1. The molecule has 1 amide bonds. The van der Waals surface area contributed by atoms with Crippen LogP contribution in [0, 0.1) is 13.8 Å². The first-order chi connectivity index (χ1) is 18.5. The molecule has 1 atom stereocenters. The van der Waals surface area contributed by atoms with Crippen molar-refractivity contribution in [1.82, 2.24) is 15.6 Å². The summed E-state index contributed by atoms with van der Waals surface area (Å²) in [5, 5.41) is 28.1. The number of amides is 1. The van der Waals surface area contributed by atoms with Crippen molar-refractivity contribution in [3.8, 4) is 5.75 Å². The number of H-pyrrole nitrogens is 1. The van der Waals surface area contributed by atoms with E-state index in [9.17, 15) is 19.8 Å². The number of carbonyl (C=O) groups excluding carboxylic acids is 1. The Kier molecular flexibility index (Phi) is 8.53. The van der Waals surface area contributed by atoms with Gasteiger partial charge in [-0.2, -0.15) is 0 Å². The third-order valence-corrected chi connectivity index (χ3v) is 7.10. The van der Waals surface area contributed by atoms with Crippen LogP contribution < -0.4 is 16.2 Å². The third-order valence-electron chi connectivity index (χ3n) is 7.10. The summed E-state index contributed by atoms with van der Waals surface area (Å²) >= 11 is 0. The molecule has 39 heavy (non-hydrogen) atoms. The van der Waals surface area contributed by atoms with Gasteiger partial charge in [-0.1, -0.05) is 48.5 Å². The number of pyridine rings is 1. The third kappa shape index (κ3) is 7.34. The molecule has 0 saturated heterocycles. The van der Waals surface area contributed by atoms with Crippen molar-refractivity contribution in [2.75, 3.05) is 6.54 Å². The summed E-state index contributed by atoms with van der Waals surface area (Å²) in [6.45, 7) is 9.06. The first kappa shape index (κ1) is 28.1. The molecule has 1 aromatic heterocycles. The number of aromatic amines is 1. The summed E-state index contributed by atoms with van der Waals surface area (Å²) < 4.78 is 0. The predicted molar refractivity (Wildman–Crippen MR) is 155 cm³/mol. The topological polar surface area (TPSA) is 114 Å². The first-order valence-corrected chi connectivity index (χ1v) is 13.2. The zero-order chi connectivity index (χ0) is 28.2. The Morgan fingerprint density at radius 3 is 2.49 bits per heavy atom. The molecule has 5 N–H and O–H groups in total. The molecule has 4 aromatic rings. The number of hydrogen-bond donors (Lipinski definition) is 5. The second kappa shape index (κ2) is 11.8. The van der Waals surface area contributed by atoms with Gasteiger partial charge in [-0.3, -0.25) is 9.59 Å². The number of benzene rings is 3. The summed E-state index contributed by atoms with van der Waals surface area (Å²) in [5.41, 5.74) is 5.86. The van der Waals surface area contributed by atoms with Crippen molar-refractivity contribution in [3.63, 3.8) is 0 Å². The number of β-amino-alcohol motifs (C(OH)–C–C–N with tert-alkyl or cyclic N) is 1. The first-order valence-electron chi connectivity index (χ1n) is 13.2. The van der Waals surface area contributed by atoms with Crippen LogP contribution in [0.15, 0.2) is 71.5 Å². The number of aliphatic hydroxyl groups excluding tert-OH is 1. The van der Waals surface area contributed by atoms with Crippen LogP contribution in [-0.4, -0.2) is 33.2 Å². The second-order valence-corrected chi connectivity index (χ2v) is 10.9. The number of hydrogen-bond acceptors (Lipinski definition) is 5. The number of aromatic nitrogens is 1. The fraction of sp³-hybridized carbons (Fsp3) is 0.312. The highest BCUT2D eigenvalue weighted by atomic mass is 16.3. The second-order valence-electron chi connectivity index (χ2n) is 10.9. The molecule has 0 aliphatic carbocycles. The van der Waals surface area contributed by atoms with Crippen LogP contribution >= 0.6 is 0 Å². The van der Waals surface area contributed by atoms with Crippen LogP contribution in [0.25, 0.3) is 10.9 Å². The van der Waals surface area contributed by atoms with Gasteiger partial charge in [0.2, 0.25) is 11.5 Å². The quantitative estimate of drug-likeness (QED) is 0.210. The Balaban J connectivity index is 1.34. The highest BCUT2D eigenvalue weighted by Crippen LogP contribution is 2.29. The van der Waals surface area contributed by atoms with Crippen molar-refractivity contribution in [2.24, 2.45) is 0 Å². The van der Waals surface area contributed by atoms with E-state index in [1.165, 1.54) is 23.3 Å². The van der Waals surface area contributed by atoms with Gasteiger partial charge in [-0.15, -0.1) is 0 Å². The lowest BCUT2D eigenvalue weighted by molar-refractivity contribution is -0.120. The van der Waals surface area contributed by atoms with E-state index >= 15 is 0 Å². The molecule has 0 spiro atoms. The van der Waals surface area contributed by atoms with Gasteiger partial charge in [-0.25, -0.2) is 0 Å². The summed E-state index contributed by atoms with van der Waals surface area (Å²) in [7, 11) is 0.